The molecule has 0 saturated carbocycles. The largest absolute Gasteiger partial charge is 0.179 e. The van der Waals surface area contributed by atoms with Crippen LogP contribution in [0.1, 0.15) is 67.5 Å². The van der Waals surface area contributed by atoms with Gasteiger partial charge in [0.25, 0.3) is 0 Å². The third kappa shape index (κ3) is 7.26. The Morgan fingerprint density at radius 2 is 0.513 bits per heavy atom. The summed E-state index contributed by atoms with van der Waals surface area (Å²) in [7, 11) is -3.15. The number of rotatable bonds is 11. The van der Waals surface area contributed by atoms with Crippen LogP contribution in [0.4, 0.5) is 0 Å². The minimum Gasteiger partial charge on any atom is -0.0623 e. The molecule has 0 unspecified atom stereocenters. The first-order valence-electron chi connectivity index (χ1n) is 26.7. The van der Waals surface area contributed by atoms with Crippen molar-refractivity contribution in [2.24, 2.45) is 0 Å². The Kier molecular flexibility index (Phi) is 11.3. The van der Waals surface area contributed by atoms with Gasteiger partial charge in [0.05, 0.1) is 5.41 Å². The molecular weight excluding hydrogens is 929 g/mol. The zero-order chi connectivity index (χ0) is 50.5. The van der Waals surface area contributed by atoms with Crippen LogP contribution in [0.5, 0.6) is 0 Å². The van der Waals surface area contributed by atoms with Crippen molar-refractivity contribution in [1.29, 1.82) is 0 Å². The molecule has 0 spiro atoms. The summed E-state index contributed by atoms with van der Waals surface area (Å²) >= 11 is 0. The quantitative estimate of drug-likeness (QED) is 0.0895. The van der Waals surface area contributed by atoms with Crippen LogP contribution in [-0.4, -0.2) is 8.07 Å². The SMILES string of the molecule is c1ccc(C(c2ccccc2)(c2ccccc2)c2cc(-c3cc(C4c5ccccc5-c5ccccc54)cc(C4c5ccccc5-c5ccccc54)c3)cc([Si](c3ccccc3)(c3ccccc3)c3ccccc3)c2)cc1. The standard InChI is InChI=1S/C75H54Si/c1-7-27-57(28-8-1)75(58-29-9-2-10-30-58,59-31-11-3-12-32-59)60-50-54(51-64(52-60)76(61-33-13-4-14-34-61,62-35-15-5-16-36-62)63-37-17-6-18-38-63)53-47-55(73-69-43-23-19-39-65(69)66-40-20-24-44-70(66)73)49-56(48-53)74-71-45-25-21-41-67(71)68-42-22-26-46-72(68)74/h1-52,73-74H. The predicted molar refractivity (Wildman–Crippen MR) is 319 cm³/mol. The summed E-state index contributed by atoms with van der Waals surface area (Å²) in [6.45, 7) is 0. The molecule has 0 heterocycles. The van der Waals surface area contributed by atoms with Crippen LogP contribution < -0.4 is 20.7 Å². The van der Waals surface area contributed by atoms with Gasteiger partial charge in [-0.3, -0.25) is 0 Å². The molecule has 1 heteroatoms. The second-order valence-electron chi connectivity index (χ2n) is 20.6. The highest BCUT2D eigenvalue weighted by atomic mass is 28.3. The van der Waals surface area contributed by atoms with E-state index in [0.717, 1.165) is 0 Å². The molecule has 0 saturated heterocycles. The van der Waals surface area contributed by atoms with Gasteiger partial charge in [0.1, 0.15) is 0 Å². The lowest BCUT2D eigenvalue weighted by Gasteiger charge is -2.40. The average Bonchev–Trinajstić information content (AvgIpc) is 4.06. The van der Waals surface area contributed by atoms with Gasteiger partial charge in [-0.25, -0.2) is 0 Å². The zero-order valence-electron chi connectivity index (χ0n) is 42.2. The van der Waals surface area contributed by atoms with Crippen LogP contribution in [-0.2, 0) is 5.41 Å². The summed E-state index contributed by atoms with van der Waals surface area (Å²) in [5.41, 5.74) is 19.9. The molecule has 2 aliphatic carbocycles. The van der Waals surface area contributed by atoms with E-state index >= 15 is 0 Å². The predicted octanol–water partition coefficient (Wildman–Crippen LogP) is 15.4. The Morgan fingerprint density at radius 3 is 0.855 bits per heavy atom. The first kappa shape index (κ1) is 45.5. The van der Waals surface area contributed by atoms with Crippen molar-refractivity contribution in [3.05, 3.63) is 371 Å². The molecule has 2 aliphatic rings. The maximum absolute atomic E-state index is 3.15. The molecule has 76 heavy (non-hydrogen) atoms. The Labute approximate surface area is 448 Å². The lowest BCUT2D eigenvalue weighted by Crippen LogP contribution is -2.74. The number of hydrogen-bond acceptors (Lipinski definition) is 0. The highest BCUT2D eigenvalue weighted by molar-refractivity contribution is 7.20. The lowest BCUT2D eigenvalue weighted by atomic mass is 9.65. The Hall–Kier alpha value is -9.14. The summed E-state index contributed by atoms with van der Waals surface area (Å²) < 4.78 is 0. The van der Waals surface area contributed by atoms with Crippen molar-refractivity contribution in [2.45, 2.75) is 17.3 Å². The van der Waals surface area contributed by atoms with Crippen LogP contribution >= 0.6 is 0 Å². The number of hydrogen-bond donors (Lipinski definition) is 0. The second kappa shape index (κ2) is 19.0. The van der Waals surface area contributed by atoms with Crippen molar-refractivity contribution in [3.63, 3.8) is 0 Å². The maximum atomic E-state index is 2.62. The molecule has 0 aliphatic heterocycles. The van der Waals surface area contributed by atoms with Crippen molar-refractivity contribution in [3.8, 4) is 33.4 Å². The molecule has 0 N–H and O–H groups in total. The first-order valence-corrected chi connectivity index (χ1v) is 28.7. The van der Waals surface area contributed by atoms with E-state index in [9.17, 15) is 0 Å². The van der Waals surface area contributed by atoms with Gasteiger partial charge >= 0.3 is 0 Å². The second-order valence-corrected chi connectivity index (χ2v) is 24.4. The monoisotopic (exact) mass is 982 g/mol. The smallest absolute Gasteiger partial charge is 0.0623 e. The van der Waals surface area contributed by atoms with E-state index in [1.807, 2.05) is 0 Å². The Morgan fingerprint density at radius 1 is 0.224 bits per heavy atom. The summed E-state index contributed by atoms with van der Waals surface area (Å²) in [5.74, 6) is 0.0909. The zero-order valence-corrected chi connectivity index (χ0v) is 43.2. The van der Waals surface area contributed by atoms with Gasteiger partial charge in [-0.15, -0.1) is 0 Å². The minimum absolute atomic E-state index is 0.0455. The van der Waals surface area contributed by atoms with Gasteiger partial charge in [0, 0.05) is 11.8 Å². The molecule has 0 amide bonds. The van der Waals surface area contributed by atoms with E-state index in [1.165, 1.54) is 110 Å². The van der Waals surface area contributed by atoms with Crippen LogP contribution in [0.2, 0.25) is 0 Å². The molecule has 12 aromatic carbocycles. The van der Waals surface area contributed by atoms with E-state index in [2.05, 4.69) is 315 Å². The fraction of sp³-hybridized carbons (Fsp3) is 0.0400. The maximum Gasteiger partial charge on any atom is 0.179 e. The van der Waals surface area contributed by atoms with Crippen molar-refractivity contribution < 1.29 is 0 Å². The minimum atomic E-state index is -3.15. The molecule has 0 atom stereocenters. The molecule has 358 valence electrons. The summed E-state index contributed by atoms with van der Waals surface area (Å²) in [6, 6.07) is 120. The van der Waals surface area contributed by atoms with E-state index in [1.54, 1.807) is 0 Å². The topological polar surface area (TPSA) is 0 Å². The van der Waals surface area contributed by atoms with Gasteiger partial charge in [-0.2, -0.15) is 0 Å². The molecule has 12 aromatic rings. The van der Waals surface area contributed by atoms with Gasteiger partial charge in [-0.05, 0) is 116 Å². The average molecular weight is 983 g/mol. The van der Waals surface area contributed by atoms with Crippen LogP contribution in [0.3, 0.4) is 0 Å². The third-order valence-corrected chi connectivity index (χ3v) is 21.4. The fourth-order valence-electron chi connectivity index (χ4n) is 13.6. The van der Waals surface area contributed by atoms with Crippen molar-refractivity contribution in [2.75, 3.05) is 0 Å². The van der Waals surface area contributed by atoms with Gasteiger partial charge in [-0.1, -0.05) is 309 Å². The molecule has 0 nitrogen and oxygen atoms in total. The molecule has 0 radical (unpaired) electrons. The van der Waals surface area contributed by atoms with E-state index in [0.29, 0.717) is 0 Å². The van der Waals surface area contributed by atoms with E-state index < -0.39 is 13.5 Å². The highest BCUT2D eigenvalue weighted by Gasteiger charge is 2.45. The Bertz CT molecular complexity index is 3490. The third-order valence-electron chi connectivity index (χ3n) is 16.7. The number of fused-ring (bicyclic) bond motifs is 6. The summed E-state index contributed by atoms with van der Waals surface area (Å²) in [4.78, 5) is 0. The molecule has 0 bridgehead atoms. The fourth-order valence-corrected chi connectivity index (χ4v) is 18.4. The molecule has 0 aromatic heterocycles. The van der Waals surface area contributed by atoms with E-state index in [4.69, 9.17) is 0 Å². The van der Waals surface area contributed by atoms with Crippen LogP contribution in [0, 0.1) is 0 Å². The lowest BCUT2D eigenvalue weighted by molar-refractivity contribution is 0.746. The van der Waals surface area contributed by atoms with Crippen molar-refractivity contribution in [1.82, 2.24) is 0 Å². The van der Waals surface area contributed by atoms with Gasteiger partial charge in [0.2, 0.25) is 0 Å². The van der Waals surface area contributed by atoms with Gasteiger partial charge < -0.3 is 0 Å². The molecule has 14 rings (SSSR count). The highest BCUT2D eigenvalue weighted by Crippen LogP contribution is 2.53. The van der Waals surface area contributed by atoms with E-state index in [-0.39, 0.29) is 11.8 Å². The summed E-state index contributed by atoms with van der Waals surface area (Å²) in [6.07, 6.45) is 0. The number of benzene rings is 12. The van der Waals surface area contributed by atoms with Gasteiger partial charge in [0.15, 0.2) is 8.07 Å². The summed E-state index contributed by atoms with van der Waals surface area (Å²) in [5, 5.41) is 5.35. The van der Waals surface area contributed by atoms with Crippen molar-refractivity contribution >= 4 is 28.8 Å². The van der Waals surface area contributed by atoms with Crippen LogP contribution in [0.25, 0.3) is 33.4 Å². The molecule has 0 fully saturated rings. The first-order chi connectivity index (χ1) is 37.7. The molecular formula is C75H54Si. The van der Waals surface area contributed by atoms with Crippen LogP contribution in [0.15, 0.2) is 315 Å². The normalized spacial score (nSPS) is 12.9. The Balaban J connectivity index is 1.15.